The molecule has 1 aromatic carbocycles. The SMILES string of the molecule is CCn1cc2nc(SCC(=O)NC3CCCCC3)n(CCc3ccccc3)c(=O)c2n1. The summed E-state index contributed by atoms with van der Waals surface area (Å²) >= 11 is 1.33. The highest BCUT2D eigenvalue weighted by Gasteiger charge is 2.18. The molecule has 0 aliphatic heterocycles. The first-order valence-corrected chi connectivity index (χ1v) is 12.1. The smallest absolute Gasteiger partial charge is 0.282 e. The van der Waals surface area contributed by atoms with Gasteiger partial charge in [0.2, 0.25) is 5.91 Å². The lowest BCUT2D eigenvalue weighted by Crippen LogP contribution is -2.37. The molecule has 7 nitrogen and oxygen atoms in total. The van der Waals surface area contributed by atoms with Crippen LogP contribution in [0.25, 0.3) is 11.0 Å². The highest BCUT2D eigenvalue weighted by Crippen LogP contribution is 2.20. The zero-order valence-corrected chi connectivity index (χ0v) is 18.7. The molecule has 3 aromatic rings. The van der Waals surface area contributed by atoms with Crippen LogP contribution in [0.15, 0.2) is 46.5 Å². The summed E-state index contributed by atoms with van der Waals surface area (Å²) < 4.78 is 3.39. The van der Waals surface area contributed by atoms with Crippen LogP contribution >= 0.6 is 11.8 Å². The van der Waals surface area contributed by atoms with E-state index in [0.29, 0.717) is 35.7 Å². The van der Waals surface area contributed by atoms with Crippen LogP contribution in [0.2, 0.25) is 0 Å². The van der Waals surface area contributed by atoms with Crippen LogP contribution in [0.5, 0.6) is 0 Å². The molecule has 0 bridgehead atoms. The number of hydrogen-bond acceptors (Lipinski definition) is 5. The van der Waals surface area contributed by atoms with Crippen LogP contribution in [0.4, 0.5) is 0 Å². The molecule has 1 amide bonds. The number of rotatable bonds is 8. The molecular formula is C23H29N5O2S. The maximum Gasteiger partial charge on any atom is 0.282 e. The minimum absolute atomic E-state index is 0.00473. The summed E-state index contributed by atoms with van der Waals surface area (Å²) in [5.41, 5.74) is 1.96. The van der Waals surface area contributed by atoms with Gasteiger partial charge in [-0.25, -0.2) is 4.98 Å². The van der Waals surface area contributed by atoms with Gasteiger partial charge in [-0.05, 0) is 31.7 Å². The van der Waals surface area contributed by atoms with Crippen LogP contribution in [0, 0.1) is 0 Å². The summed E-state index contributed by atoms with van der Waals surface area (Å²) in [6.45, 7) is 3.15. The van der Waals surface area contributed by atoms with Crippen LogP contribution in [-0.4, -0.2) is 37.0 Å². The van der Waals surface area contributed by atoms with Crippen LogP contribution < -0.4 is 10.9 Å². The van der Waals surface area contributed by atoms with E-state index < -0.39 is 0 Å². The van der Waals surface area contributed by atoms with E-state index in [1.54, 1.807) is 15.4 Å². The predicted molar refractivity (Wildman–Crippen MR) is 123 cm³/mol. The van der Waals surface area contributed by atoms with Gasteiger partial charge >= 0.3 is 0 Å². The van der Waals surface area contributed by atoms with Gasteiger partial charge in [-0.1, -0.05) is 61.4 Å². The second kappa shape index (κ2) is 10.1. The third-order valence-electron chi connectivity index (χ3n) is 5.73. The number of amides is 1. The van der Waals surface area contributed by atoms with Crippen molar-refractivity contribution in [1.29, 1.82) is 0 Å². The van der Waals surface area contributed by atoms with E-state index in [1.165, 1.54) is 31.0 Å². The first kappa shape index (κ1) is 21.6. The Labute approximate surface area is 186 Å². The predicted octanol–water partition coefficient (Wildman–Crippen LogP) is 3.40. The molecule has 8 heteroatoms. The van der Waals surface area contributed by atoms with Gasteiger partial charge in [0.25, 0.3) is 5.56 Å². The normalized spacial score (nSPS) is 14.7. The summed E-state index contributed by atoms with van der Waals surface area (Å²) in [5, 5.41) is 8.10. The van der Waals surface area contributed by atoms with Gasteiger partial charge in [0.15, 0.2) is 10.7 Å². The summed E-state index contributed by atoms with van der Waals surface area (Å²) in [6, 6.07) is 10.3. The number of aryl methyl sites for hydroxylation is 2. The van der Waals surface area contributed by atoms with Crippen LogP contribution in [0.3, 0.4) is 0 Å². The van der Waals surface area contributed by atoms with Crippen molar-refractivity contribution in [1.82, 2.24) is 24.6 Å². The monoisotopic (exact) mass is 439 g/mol. The summed E-state index contributed by atoms with van der Waals surface area (Å²) in [7, 11) is 0. The quantitative estimate of drug-likeness (QED) is 0.430. The molecule has 164 valence electrons. The van der Waals surface area contributed by atoms with Crippen LogP contribution in [0.1, 0.15) is 44.6 Å². The standard InChI is InChI=1S/C23H29N5O2S/c1-2-27-15-19-21(26-27)22(30)28(14-13-17-9-5-3-6-10-17)23(25-19)31-16-20(29)24-18-11-7-4-8-12-18/h3,5-6,9-10,15,18H,2,4,7-8,11-14,16H2,1H3,(H,24,29). The Kier molecular flexibility index (Phi) is 7.06. The molecule has 1 N–H and O–H groups in total. The van der Waals surface area contributed by atoms with Gasteiger partial charge in [-0.15, -0.1) is 0 Å². The molecule has 0 spiro atoms. The highest BCUT2D eigenvalue weighted by atomic mass is 32.2. The Hall–Kier alpha value is -2.61. The second-order valence-electron chi connectivity index (χ2n) is 8.00. The van der Waals surface area contributed by atoms with E-state index in [0.717, 1.165) is 18.4 Å². The average Bonchev–Trinajstić information content (AvgIpc) is 3.22. The molecule has 2 aromatic heterocycles. The number of benzene rings is 1. The van der Waals surface area contributed by atoms with Gasteiger partial charge in [0, 0.05) is 19.1 Å². The maximum absolute atomic E-state index is 13.2. The van der Waals surface area contributed by atoms with Gasteiger partial charge in [-0.2, -0.15) is 5.10 Å². The number of hydrogen-bond donors (Lipinski definition) is 1. The van der Waals surface area contributed by atoms with E-state index >= 15 is 0 Å². The fraction of sp³-hybridized carbons (Fsp3) is 0.478. The average molecular weight is 440 g/mol. The Bertz CT molecular complexity index is 1090. The molecule has 0 unspecified atom stereocenters. The van der Waals surface area contributed by atoms with E-state index in [1.807, 2.05) is 37.3 Å². The minimum atomic E-state index is -0.150. The number of nitrogens with one attached hydrogen (secondary N) is 1. The third-order valence-corrected chi connectivity index (χ3v) is 6.71. The Balaban J connectivity index is 1.54. The molecule has 0 radical (unpaired) electrons. The van der Waals surface area contributed by atoms with Gasteiger partial charge in [0.05, 0.1) is 11.9 Å². The lowest BCUT2D eigenvalue weighted by molar-refractivity contribution is -0.119. The Morgan fingerprint density at radius 2 is 1.97 bits per heavy atom. The molecule has 1 aliphatic carbocycles. The van der Waals surface area contributed by atoms with Crippen molar-refractivity contribution >= 4 is 28.7 Å². The number of carbonyl (C=O) groups excluding carboxylic acids is 1. The van der Waals surface area contributed by atoms with Crippen molar-refractivity contribution in [3.8, 4) is 0 Å². The molecule has 0 saturated heterocycles. The lowest BCUT2D eigenvalue weighted by atomic mass is 9.95. The molecule has 1 fully saturated rings. The molecule has 1 saturated carbocycles. The zero-order valence-electron chi connectivity index (χ0n) is 17.9. The van der Waals surface area contributed by atoms with Crippen molar-refractivity contribution in [2.45, 2.75) is 69.7 Å². The molecule has 31 heavy (non-hydrogen) atoms. The molecule has 2 heterocycles. The number of thioether (sulfide) groups is 1. The van der Waals surface area contributed by atoms with Gasteiger partial charge in [0.1, 0.15) is 5.52 Å². The third kappa shape index (κ3) is 5.36. The summed E-state index contributed by atoms with van der Waals surface area (Å²) in [4.78, 5) is 30.4. The number of fused-ring (bicyclic) bond motifs is 1. The molecule has 0 atom stereocenters. The Morgan fingerprint density at radius 1 is 1.19 bits per heavy atom. The summed E-state index contributed by atoms with van der Waals surface area (Å²) in [6.07, 6.45) is 8.23. The van der Waals surface area contributed by atoms with E-state index in [2.05, 4.69) is 10.4 Å². The maximum atomic E-state index is 13.2. The van der Waals surface area contributed by atoms with E-state index in [9.17, 15) is 9.59 Å². The van der Waals surface area contributed by atoms with E-state index in [4.69, 9.17) is 4.98 Å². The topological polar surface area (TPSA) is 81.8 Å². The van der Waals surface area contributed by atoms with E-state index in [-0.39, 0.29) is 23.3 Å². The van der Waals surface area contributed by atoms with Gasteiger partial charge in [-0.3, -0.25) is 18.8 Å². The summed E-state index contributed by atoms with van der Waals surface area (Å²) in [5.74, 6) is 0.256. The first-order valence-electron chi connectivity index (χ1n) is 11.1. The first-order chi connectivity index (χ1) is 15.1. The Morgan fingerprint density at radius 3 is 2.71 bits per heavy atom. The molecular weight excluding hydrogens is 410 g/mol. The second-order valence-corrected chi connectivity index (χ2v) is 8.94. The van der Waals surface area contributed by atoms with Crippen molar-refractivity contribution in [3.05, 3.63) is 52.4 Å². The number of nitrogens with zero attached hydrogens (tertiary/aromatic N) is 4. The van der Waals surface area contributed by atoms with Crippen molar-refractivity contribution in [2.75, 3.05) is 5.75 Å². The molecule has 4 rings (SSSR count). The van der Waals surface area contributed by atoms with Crippen molar-refractivity contribution in [2.24, 2.45) is 0 Å². The van der Waals surface area contributed by atoms with Gasteiger partial charge < -0.3 is 5.32 Å². The highest BCUT2D eigenvalue weighted by molar-refractivity contribution is 7.99. The lowest BCUT2D eigenvalue weighted by Gasteiger charge is -2.22. The molecule has 1 aliphatic rings. The fourth-order valence-electron chi connectivity index (χ4n) is 4.02. The van der Waals surface area contributed by atoms with Crippen LogP contribution in [-0.2, 0) is 24.3 Å². The zero-order chi connectivity index (χ0) is 21.6. The number of carbonyl (C=O) groups is 1. The minimum Gasteiger partial charge on any atom is -0.353 e. The largest absolute Gasteiger partial charge is 0.353 e. The number of aromatic nitrogens is 4. The van der Waals surface area contributed by atoms with Crippen molar-refractivity contribution in [3.63, 3.8) is 0 Å². The van der Waals surface area contributed by atoms with Crippen molar-refractivity contribution < 1.29 is 4.79 Å². The fourth-order valence-corrected chi connectivity index (χ4v) is 4.86.